The number of rotatable bonds is 13. The van der Waals surface area contributed by atoms with Crippen LogP contribution in [0.2, 0.25) is 0 Å². The number of amides is 2. The molecule has 0 aromatic heterocycles. The molecular weight excluding hydrogens is 481 g/mol. The zero-order chi connectivity index (χ0) is 26.9. The molecule has 0 unspecified atom stereocenters. The SMILES string of the molecule is CC[C@H](C)NC(=O)[C@H](CC)N(Cc1ccc(F)cc1)C(=O)CCCN(c1ccccc1C)S(C)(=O)=O. The summed E-state index contributed by atoms with van der Waals surface area (Å²) in [6, 6.07) is 12.3. The molecule has 0 radical (unpaired) electrons. The van der Waals surface area contributed by atoms with E-state index in [9.17, 15) is 22.4 Å². The largest absolute Gasteiger partial charge is 0.352 e. The standard InChI is InChI=1S/C27H38FN3O4S/c1-6-21(4)29-27(33)24(7-2)30(19-22-14-16-23(28)17-15-22)26(32)13-10-18-31(36(5,34)35)25-12-9-8-11-20(25)3/h8-9,11-12,14-17,21,24H,6-7,10,13,18-19H2,1-5H3,(H,29,33)/t21-,24-/m0/s1. The van der Waals surface area contributed by atoms with Crippen LogP contribution in [-0.4, -0.2) is 50.0 Å². The van der Waals surface area contributed by atoms with Gasteiger partial charge in [-0.05, 0) is 62.4 Å². The molecule has 2 amide bonds. The summed E-state index contributed by atoms with van der Waals surface area (Å²) in [7, 11) is -3.55. The van der Waals surface area contributed by atoms with Gasteiger partial charge in [0.05, 0.1) is 11.9 Å². The fraction of sp³-hybridized carbons (Fsp3) is 0.481. The molecule has 36 heavy (non-hydrogen) atoms. The molecule has 198 valence electrons. The highest BCUT2D eigenvalue weighted by Crippen LogP contribution is 2.23. The number of anilines is 1. The lowest BCUT2D eigenvalue weighted by molar-refractivity contribution is -0.141. The van der Waals surface area contributed by atoms with Gasteiger partial charge in [0.25, 0.3) is 0 Å². The van der Waals surface area contributed by atoms with Crippen LogP contribution in [0.4, 0.5) is 10.1 Å². The van der Waals surface area contributed by atoms with Crippen molar-refractivity contribution in [1.82, 2.24) is 10.2 Å². The number of hydrogen-bond acceptors (Lipinski definition) is 4. The van der Waals surface area contributed by atoms with Gasteiger partial charge in [0.15, 0.2) is 0 Å². The molecule has 0 saturated heterocycles. The molecule has 2 rings (SSSR count). The van der Waals surface area contributed by atoms with Gasteiger partial charge in [-0.2, -0.15) is 0 Å². The summed E-state index contributed by atoms with van der Waals surface area (Å²) in [5.41, 5.74) is 2.10. The number of nitrogens with zero attached hydrogens (tertiary/aromatic N) is 2. The third-order valence-corrected chi connectivity index (χ3v) is 7.37. The van der Waals surface area contributed by atoms with Gasteiger partial charge in [-0.15, -0.1) is 0 Å². The van der Waals surface area contributed by atoms with E-state index < -0.39 is 16.1 Å². The van der Waals surface area contributed by atoms with E-state index in [1.807, 2.05) is 39.8 Å². The Labute approximate surface area is 214 Å². The maximum Gasteiger partial charge on any atom is 0.243 e. The summed E-state index contributed by atoms with van der Waals surface area (Å²) in [6.45, 7) is 7.84. The number of halogens is 1. The highest BCUT2D eigenvalue weighted by atomic mass is 32.2. The number of carbonyl (C=O) groups is 2. The molecule has 0 saturated carbocycles. The number of carbonyl (C=O) groups excluding carboxylic acids is 2. The van der Waals surface area contributed by atoms with Crippen molar-refractivity contribution < 1.29 is 22.4 Å². The topological polar surface area (TPSA) is 86.8 Å². The minimum Gasteiger partial charge on any atom is -0.352 e. The Kier molecular flexibility index (Phi) is 10.9. The van der Waals surface area contributed by atoms with Crippen LogP contribution in [0.5, 0.6) is 0 Å². The second-order valence-electron chi connectivity index (χ2n) is 9.12. The monoisotopic (exact) mass is 519 g/mol. The summed E-state index contributed by atoms with van der Waals surface area (Å²) in [5.74, 6) is -0.876. The lowest BCUT2D eigenvalue weighted by Crippen LogP contribution is -2.50. The van der Waals surface area contributed by atoms with E-state index in [1.165, 1.54) is 21.3 Å². The van der Waals surface area contributed by atoms with E-state index in [4.69, 9.17) is 0 Å². The van der Waals surface area contributed by atoms with Crippen LogP contribution >= 0.6 is 0 Å². The highest BCUT2D eigenvalue weighted by Gasteiger charge is 2.29. The molecular formula is C27H38FN3O4S. The van der Waals surface area contributed by atoms with Crippen LogP contribution in [-0.2, 0) is 26.2 Å². The average Bonchev–Trinajstić information content (AvgIpc) is 2.82. The van der Waals surface area contributed by atoms with Gasteiger partial charge < -0.3 is 10.2 Å². The molecule has 0 fully saturated rings. The Morgan fingerprint density at radius 2 is 1.67 bits per heavy atom. The normalized spacial score (nSPS) is 13.1. The van der Waals surface area contributed by atoms with E-state index in [1.54, 1.807) is 24.3 Å². The number of aryl methyl sites for hydroxylation is 1. The predicted octanol–water partition coefficient (Wildman–Crippen LogP) is 4.40. The summed E-state index contributed by atoms with van der Waals surface area (Å²) in [4.78, 5) is 27.9. The molecule has 7 nitrogen and oxygen atoms in total. The number of para-hydroxylation sites is 1. The van der Waals surface area contributed by atoms with Gasteiger partial charge in [-0.25, -0.2) is 12.8 Å². The maximum absolute atomic E-state index is 13.4. The Morgan fingerprint density at radius 1 is 1.03 bits per heavy atom. The molecule has 0 aliphatic carbocycles. The Hall–Kier alpha value is -2.94. The van der Waals surface area contributed by atoms with Crippen LogP contribution < -0.4 is 9.62 Å². The molecule has 0 aliphatic heterocycles. The molecule has 1 N–H and O–H groups in total. The van der Waals surface area contributed by atoms with Crippen LogP contribution in [0.3, 0.4) is 0 Å². The molecule has 2 aromatic rings. The zero-order valence-electron chi connectivity index (χ0n) is 21.8. The molecule has 0 spiro atoms. The summed E-state index contributed by atoms with van der Waals surface area (Å²) in [5, 5.41) is 2.95. The third-order valence-electron chi connectivity index (χ3n) is 6.19. The summed E-state index contributed by atoms with van der Waals surface area (Å²) in [6.07, 6.45) is 2.66. The first kappa shape index (κ1) is 29.3. The average molecular weight is 520 g/mol. The summed E-state index contributed by atoms with van der Waals surface area (Å²) >= 11 is 0. The first-order valence-corrected chi connectivity index (χ1v) is 14.2. The molecule has 0 aliphatic rings. The van der Waals surface area contributed by atoms with Crippen molar-refractivity contribution in [3.63, 3.8) is 0 Å². The number of hydrogen-bond donors (Lipinski definition) is 1. The van der Waals surface area contributed by atoms with E-state index in [2.05, 4.69) is 5.32 Å². The minimum atomic E-state index is -3.55. The number of nitrogens with one attached hydrogen (secondary N) is 1. The molecule has 0 bridgehead atoms. The van der Waals surface area contributed by atoms with Crippen molar-refractivity contribution in [2.45, 2.75) is 72.0 Å². The second-order valence-corrected chi connectivity index (χ2v) is 11.0. The van der Waals surface area contributed by atoms with Crippen molar-refractivity contribution >= 4 is 27.5 Å². The first-order valence-electron chi connectivity index (χ1n) is 12.4. The van der Waals surface area contributed by atoms with Crippen molar-refractivity contribution in [2.24, 2.45) is 0 Å². The van der Waals surface area contributed by atoms with Gasteiger partial charge in [0.1, 0.15) is 11.9 Å². The van der Waals surface area contributed by atoms with Gasteiger partial charge in [0, 0.05) is 25.6 Å². The van der Waals surface area contributed by atoms with Crippen molar-refractivity contribution in [2.75, 3.05) is 17.1 Å². The van der Waals surface area contributed by atoms with Gasteiger partial charge >= 0.3 is 0 Å². The van der Waals surface area contributed by atoms with Crippen LogP contribution in [0.25, 0.3) is 0 Å². The molecule has 9 heteroatoms. The summed E-state index contributed by atoms with van der Waals surface area (Å²) < 4.78 is 39.7. The first-order chi connectivity index (χ1) is 17.0. The van der Waals surface area contributed by atoms with Crippen LogP contribution in [0, 0.1) is 12.7 Å². The van der Waals surface area contributed by atoms with E-state index in [-0.39, 0.29) is 49.6 Å². The molecule has 0 heterocycles. The number of sulfonamides is 1. The van der Waals surface area contributed by atoms with Gasteiger partial charge in [-0.3, -0.25) is 13.9 Å². The third kappa shape index (κ3) is 8.33. The predicted molar refractivity (Wildman–Crippen MR) is 142 cm³/mol. The number of benzene rings is 2. The van der Waals surface area contributed by atoms with E-state index in [0.29, 0.717) is 17.7 Å². The van der Waals surface area contributed by atoms with E-state index >= 15 is 0 Å². The quantitative estimate of drug-likeness (QED) is 0.425. The van der Waals surface area contributed by atoms with Crippen molar-refractivity contribution in [1.29, 1.82) is 0 Å². The highest BCUT2D eigenvalue weighted by molar-refractivity contribution is 7.92. The van der Waals surface area contributed by atoms with E-state index in [0.717, 1.165) is 18.2 Å². The fourth-order valence-corrected chi connectivity index (χ4v) is 5.00. The molecule has 2 atom stereocenters. The van der Waals surface area contributed by atoms with Crippen molar-refractivity contribution in [3.8, 4) is 0 Å². The zero-order valence-corrected chi connectivity index (χ0v) is 22.6. The Balaban J connectivity index is 2.23. The van der Waals surface area contributed by atoms with Gasteiger partial charge in [0.2, 0.25) is 21.8 Å². The second kappa shape index (κ2) is 13.4. The Bertz CT molecular complexity index is 1120. The van der Waals surface area contributed by atoms with Crippen molar-refractivity contribution in [3.05, 3.63) is 65.5 Å². The molecule has 2 aromatic carbocycles. The van der Waals surface area contributed by atoms with Crippen LogP contribution in [0.15, 0.2) is 48.5 Å². The minimum absolute atomic E-state index is 0.0354. The lowest BCUT2D eigenvalue weighted by Gasteiger charge is -2.32. The fourth-order valence-electron chi connectivity index (χ4n) is 3.97. The lowest BCUT2D eigenvalue weighted by atomic mass is 10.1. The van der Waals surface area contributed by atoms with Crippen LogP contribution in [0.1, 0.15) is 57.6 Å². The maximum atomic E-state index is 13.4. The van der Waals surface area contributed by atoms with Gasteiger partial charge in [-0.1, -0.05) is 44.2 Å². The Morgan fingerprint density at radius 3 is 2.22 bits per heavy atom. The smallest absolute Gasteiger partial charge is 0.243 e.